The number of hydrogen-bond acceptors (Lipinski definition) is 6. The zero-order valence-electron chi connectivity index (χ0n) is 17.7. The lowest BCUT2D eigenvalue weighted by Crippen LogP contribution is -2.49. The summed E-state index contributed by atoms with van der Waals surface area (Å²) in [6, 6.07) is 12.9. The van der Waals surface area contributed by atoms with Gasteiger partial charge >= 0.3 is 0 Å². The summed E-state index contributed by atoms with van der Waals surface area (Å²) < 4.78 is 15.9. The number of thiophene rings is 1. The van der Waals surface area contributed by atoms with Crippen molar-refractivity contribution in [3.05, 3.63) is 75.5 Å². The lowest BCUT2D eigenvalue weighted by atomic mass is 10.0. The SMILES string of the molecule is Cc1cccc(F)c1CC(=O)N1CCN(c2ccc3nnc(Cc4cccs4)n3n2)CC1. The largest absolute Gasteiger partial charge is 0.352 e. The van der Waals surface area contributed by atoms with Crippen molar-refractivity contribution >= 4 is 28.7 Å². The summed E-state index contributed by atoms with van der Waals surface area (Å²) >= 11 is 1.69. The minimum absolute atomic E-state index is 0.0432. The number of halogens is 1. The van der Waals surface area contributed by atoms with Crippen LogP contribution >= 0.6 is 11.3 Å². The number of carbonyl (C=O) groups excluding carboxylic acids is 1. The summed E-state index contributed by atoms with van der Waals surface area (Å²) in [4.78, 5) is 17.9. The maximum Gasteiger partial charge on any atom is 0.227 e. The first-order valence-corrected chi connectivity index (χ1v) is 11.5. The van der Waals surface area contributed by atoms with Gasteiger partial charge in [0, 0.05) is 43.0 Å². The van der Waals surface area contributed by atoms with Crippen molar-refractivity contribution in [3.63, 3.8) is 0 Å². The molecule has 1 aliphatic rings. The van der Waals surface area contributed by atoms with Gasteiger partial charge in [0.1, 0.15) is 11.6 Å². The molecule has 0 saturated carbocycles. The van der Waals surface area contributed by atoms with Crippen LogP contribution in [0.5, 0.6) is 0 Å². The number of aromatic nitrogens is 4. The number of anilines is 1. The lowest BCUT2D eigenvalue weighted by molar-refractivity contribution is -0.130. The van der Waals surface area contributed by atoms with Crippen LogP contribution in [0.4, 0.5) is 10.2 Å². The Morgan fingerprint density at radius 3 is 2.66 bits per heavy atom. The van der Waals surface area contributed by atoms with Crippen LogP contribution in [0.1, 0.15) is 21.8 Å². The predicted molar refractivity (Wildman–Crippen MR) is 122 cm³/mol. The molecule has 0 N–H and O–H groups in total. The van der Waals surface area contributed by atoms with E-state index in [2.05, 4.69) is 21.2 Å². The second-order valence-corrected chi connectivity index (χ2v) is 8.95. The van der Waals surface area contributed by atoms with E-state index in [-0.39, 0.29) is 18.1 Å². The van der Waals surface area contributed by atoms with Crippen molar-refractivity contribution in [1.29, 1.82) is 0 Å². The smallest absolute Gasteiger partial charge is 0.227 e. The molecule has 5 rings (SSSR count). The van der Waals surface area contributed by atoms with Crippen LogP contribution in [-0.2, 0) is 17.6 Å². The van der Waals surface area contributed by atoms with Crippen LogP contribution in [0, 0.1) is 12.7 Å². The summed E-state index contributed by atoms with van der Waals surface area (Å²) in [5, 5.41) is 15.3. The highest BCUT2D eigenvalue weighted by Crippen LogP contribution is 2.19. The molecule has 7 nitrogen and oxygen atoms in total. The number of piperazine rings is 1. The monoisotopic (exact) mass is 450 g/mol. The van der Waals surface area contributed by atoms with Gasteiger partial charge in [-0.3, -0.25) is 4.79 Å². The molecule has 0 spiro atoms. The van der Waals surface area contributed by atoms with Gasteiger partial charge in [-0.25, -0.2) is 4.39 Å². The summed E-state index contributed by atoms with van der Waals surface area (Å²) in [5.74, 6) is 1.28. The molecule has 1 aliphatic heterocycles. The number of carbonyl (C=O) groups is 1. The van der Waals surface area contributed by atoms with E-state index in [1.54, 1.807) is 21.9 Å². The maximum absolute atomic E-state index is 14.1. The first kappa shape index (κ1) is 20.6. The molecule has 32 heavy (non-hydrogen) atoms. The average Bonchev–Trinajstić information content (AvgIpc) is 3.46. The Bertz CT molecular complexity index is 1230. The standard InChI is InChI=1S/C23H23FN6OS/c1-16-4-2-6-19(24)18(16)15-23(31)29-11-9-28(10-12-29)21-8-7-20-25-26-22(30(20)27-21)14-17-5-3-13-32-17/h2-8,13H,9-12,14-15H2,1H3. The van der Waals surface area contributed by atoms with E-state index in [4.69, 9.17) is 5.10 Å². The van der Waals surface area contributed by atoms with Crippen LogP contribution in [0.3, 0.4) is 0 Å². The molecule has 1 saturated heterocycles. The van der Waals surface area contributed by atoms with E-state index in [9.17, 15) is 9.18 Å². The molecule has 0 radical (unpaired) electrons. The Morgan fingerprint density at radius 1 is 1.06 bits per heavy atom. The van der Waals surface area contributed by atoms with E-state index in [0.29, 0.717) is 38.2 Å². The number of benzene rings is 1. The summed E-state index contributed by atoms with van der Waals surface area (Å²) in [6.07, 6.45) is 0.780. The Balaban J connectivity index is 1.26. The molecule has 0 unspecified atom stereocenters. The molecular weight excluding hydrogens is 427 g/mol. The number of nitrogens with zero attached hydrogens (tertiary/aromatic N) is 6. The van der Waals surface area contributed by atoms with Crippen molar-refractivity contribution in [3.8, 4) is 0 Å². The fraction of sp³-hybridized carbons (Fsp3) is 0.304. The van der Waals surface area contributed by atoms with Gasteiger partial charge in [0.25, 0.3) is 0 Å². The molecule has 1 amide bonds. The Morgan fingerprint density at radius 2 is 1.91 bits per heavy atom. The van der Waals surface area contributed by atoms with Gasteiger partial charge in [-0.05, 0) is 42.1 Å². The van der Waals surface area contributed by atoms with Gasteiger partial charge < -0.3 is 9.80 Å². The number of amides is 1. The van der Waals surface area contributed by atoms with Gasteiger partial charge in [0.05, 0.1) is 6.42 Å². The van der Waals surface area contributed by atoms with Gasteiger partial charge in [0.2, 0.25) is 5.91 Å². The molecule has 4 aromatic rings. The lowest BCUT2D eigenvalue weighted by Gasteiger charge is -2.35. The molecule has 1 fully saturated rings. The third kappa shape index (κ3) is 4.08. The fourth-order valence-corrected chi connectivity index (χ4v) is 4.71. The van der Waals surface area contributed by atoms with E-state index in [1.807, 2.05) is 41.5 Å². The maximum atomic E-state index is 14.1. The minimum Gasteiger partial charge on any atom is -0.352 e. The second-order valence-electron chi connectivity index (χ2n) is 7.91. The van der Waals surface area contributed by atoms with Crippen molar-refractivity contribution in [2.24, 2.45) is 0 Å². The Hall–Kier alpha value is -3.33. The summed E-state index contributed by atoms with van der Waals surface area (Å²) in [7, 11) is 0. The number of aryl methyl sites for hydroxylation is 1. The van der Waals surface area contributed by atoms with E-state index in [1.165, 1.54) is 10.9 Å². The molecule has 4 heterocycles. The first-order valence-electron chi connectivity index (χ1n) is 10.6. The van der Waals surface area contributed by atoms with Crippen LogP contribution in [0.15, 0.2) is 47.8 Å². The summed E-state index contributed by atoms with van der Waals surface area (Å²) in [6.45, 7) is 4.33. The predicted octanol–water partition coefficient (Wildman–Crippen LogP) is 3.12. The third-order valence-electron chi connectivity index (χ3n) is 5.86. The van der Waals surface area contributed by atoms with Crippen LogP contribution < -0.4 is 4.90 Å². The van der Waals surface area contributed by atoms with E-state index < -0.39 is 0 Å². The van der Waals surface area contributed by atoms with Crippen molar-refractivity contribution < 1.29 is 9.18 Å². The highest BCUT2D eigenvalue weighted by atomic mass is 32.1. The molecule has 3 aromatic heterocycles. The average molecular weight is 451 g/mol. The van der Waals surface area contributed by atoms with Gasteiger partial charge in [-0.15, -0.1) is 26.6 Å². The van der Waals surface area contributed by atoms with E-state index in [0.717, 1.165) is 22.9 Å². The second kappa shape index (κ2) is 8.66. The molecule has 164 valence electrons. The van der Waals surface area contributed by atoms with E-state index >= 15 is 0 Å². The van der Waals surface area contributed by atoms with Crippen molar-refractivity contribution in [2.45, 2.75) is 19.8 Å². The molecule has 1 aromatic carbocycles. The zero-order chi connectivity index (χ0) is 22.1. The minimum atomic E-state index is -0.318. The molecule has 9 heteroatoms. The third-order valence-corrected chi connectivity index (χ3v) is 6.74. The topological polar surface area (TPSA) is 66.6 Å². The van der Waals surface area contributed by atoms with Gasteiger partial charge in [-0.1, -0.05) is 18.2 Å². The molecular formula is C23H23FN6OS. The normalized spacial score (nSPS) is 14.3. The summed E-state index contributed by atoms with van der Waals surface area (Å²) in [5.41, 5.74) is 2.01. The quantitative estimate of drug-likeness (QED) is 0.467. The van der Waals surface area contributed by atoms with Crippen LogP contribution in [-0.4, -0.2) is 56.8 Å². The van der Waals surface area contributed by atoms with Gasteiger partial charge in [0.15, 0.2) is 11.5 Å². The highest BCUT2D eigenvalue weighted by Gasteiger charge is 2.24. The fourth-order valence-electron chi connectivity index (χ4n) is 4.01. The van der Waals surface area contributed by atoms with Crippen LogP contribution in [0.25, 0.3) is 5.65 Å². The number of fused-ring (bicyclic) bond motifs is 1. The van der Waals surface area contributed by atoms with Crippen LogP contribution in [0.2, 0.25) is 0 Å². The Labute approximate surface area is 189 Å². The molecule has 0 bridgehead atoms. The van der Waals surface area contributed by atoms with Crippen molar-refractivity contribution in [2.75, 3.05) is 31.1 Å². The molecule has 0 aliphatic carbocycles. The van der Waals surface area contributed by atoms with Crippen molar-refractivity contribution in [1.82, 2.24) is 24.7 Å². The zero-order valence-corrected chi connectivity index (χ0v) is 18.6. The number of rotatable bonds is 5. The molecule has 0 atom stereocenters. The number of hydrogen-bond donors (Lipinski definition) is 0. The van der Waals surface area contributed by atoms with Gasteiger partial charge in [-0.2, -0.15) is 4.52 Å². The first-order chi connectivity index (χ1) is 15.6. The highest BCUT2D eigenvalue weighted by molar-refractivity contribution is 7.09. The Kier molecular flexibility index (Phi) is 5.57.